The second-order valence-electron chi connectivity index (χ2n) is 13.3. The number of Topliss-reactive ketones (excluding diaryl/α,β-unsaturated/α-hetero) is 1. The van der Waals surface area contributed by atoms with Gasteiger partial charge in [-0.1, -0.05) is 48.0 Å². The first-order chi connectivity index (χ1) is 20.1. The molecule has 0 unspecified atom stereocenters. The van der Waals surface area contributed by atoms with Crippen molar-refractivity contribution < 1.29 is 13.9 Å². The van der Waals surface area contributed by atoms with E-state index in [9.17, 15) is 15.5 Å². The van der Waals surface area contributed by atoms with E-state index < -0.39 is 5.41 Å². The number of halogens is 1. The average Bonchev–Trinajstić information content (AvgIpc) is 3.27. The molecule has 0 fully saturated rings. The first-order valence-electron chi connectivity index (χ1n) is 14.5. The lowest BCUT2D eigenvalue weighted by molar-refractivity contribution is -0.845. The summed E-state index contributed by atoms with van der Waals surface area (Å²) in [5.41, 5.74) is 6.89. The molecule has 0 spiro atoms. The molecule has 2 aromatic rings. The van der Waals surface area contributed by atoms with Gasteiger partial charge in [0, 0.05) is 82.8 Å². The zero-order chi connectivity index (χ0) is 31.5. The minimum absolute atomic E-state index is 0.0482. The molecule has 2 heterocycles. The van der Waals surface area contributed by atoms with Crippen LogP contribution in [0.1, 0.15) is 45.2 Å². The number of benzene rings is 2. The Hall–Kier alpha value is -3.82. The Morgan fingerprint density at radius 2 is 1.81 bits per heavy atom. The number of allylic oxidation sites excluding steroid dienone is 7. The molecule has 7 heteroatoms. The average molecular weight is 637 g/mol. The largest absolute Gasteiger partial charge is 0.762 e. The van der Waals surface area contributed by atoms with E-state index in [2.05, 4.69) is 110 Å². The van der Waals surface area contributed by atoms with Crippen LogP contribution in [0.3, 0.4) is 0 Å². The maximum atomic E-state index is 14.0. The van der Waals surface area contributed by atoms with Crippen LogP contribution in [0.2, 0.25) is 0 Å². The predicted molar refractivity (Wildman–Crippen MR) is 177 cm³/mol. The van der Waals surface area contributed by atoms with Gasteiger partial charge in [0.05, 0.1) is 17.5 Å². The summed E-state index contributed by atoms with van der Waals surface area (Å²) in [6.45, 7) is 10.2. The molecule has 43 heavy (non-hydrogen) atoms. The fourth-order valence-corrected chi connectivity index (χ4v) is 7.04. The summed E-state index contributed by atoms with van der Waals surface area (Å²) in [4.78, 5) is 16.3. The number of carbonyl (C=O) groups excluding carboxylic acids is 1. The quantitative estimate of drug-likeness (QED) is 0.0831. The van der Waals surface area contributed by atoms with Crippen LogP contribution in [0.5, 0.6) is 0 Å². The van der Waals surface area contributed by atoms with Gasteiger partial charge < -0.3 is 14.8 Å². The molecule has 0 amide bonds. The Balaban J connectivity index is 1.66. The van der Waals surface area contributed by atoms with Gasteiger partial charge in [0.2, 0.25) is 5.69 Å². The Morgan fingerprint density at radius 1 is 1.12 bits per heavy atom. The lowest BCUT2D eigenvalue weighted by Gasteiger charge is -2.34. The van der Waals surface area contributed by atoms with Crippen molar-refractivity contribution in [3.8, 4) is 6.07 Å². The van der Waals surface area contributed by atoms with Crippen LogP contribution in [0.15, 0.2) is 87.1 Å². The third-order valence-electron chi connectivity index (χ3n) is 9.00. The number of hydrogen-bond acceptors (Lipinski definition) is 3. The Bertz CT molecular complexity index is 1780. The van der Waals surface area contributed by atoms with Gasteiger partial charge in [0.1, 0.15) is 13.1 Å². The van der Waals surface area contributed by atoms with E-state index in [0.717, 1.165) is 52.3 Å². The molecule has 0 N–H and O–H groups in total. The number of hydrogen-bond donors (Lipinski definition) is 0. The van der Waals surface area contributed by atoms with E-state index in [-0.39, 0.29) is 16.8 Å². The van der Waals surface area contributed by atoms with E-state index in [4.69, 9.17) is 0 Å². The van der Waals surface area contributed by atoms with Crippen LogP contribution in [0.4, 0.5) is 11.4 Å². The molecule has 0 atom stereocenters. The van der Waals surface area contributed by atoms with E-state index in [1.165, 1.54) is 5.56 Å². The van der Waals surface area contributed by atoms with Crippen LogP contribution < -0.4 is 4.90 Å². The fourth-order valence-electron chi connectivity index (χ4n) is 6.67. The van der Waals surface area contributed by atoms with Crippen molar-refractivity contribution in [2.24, 2.45) is 0 Å². The summed E-state index contributed by atoms with van der Waals surface area (Å²) < 4.78 is 3.70. The number of ketones is 1. The summed E-state index contributed by atoms with van der Waals surface area (Å²) in [5, 5.41) is 20.0. The molecule has 220 valence electrons. The minimum atomic E-state index is -0.407. The van der Waals surface area contributed by atoms with Crippen molar-refractivity contribution in [3.63, 3.8) is 0 Å². The second-order valence-corrected chi connectivity index (χ2v) is 14.3. The summed E-state index contributed by atoms with van der Waals surface area (Å²) in [5.74, 6) is 1.91. The molecule has 0 saturated carbocycles. The van der Waals surface area contributed by atoms with Crippen LogP contribution in [-0.4, -0.2) is 60.7 Å². The van der Waals surface area contributed by atoms with E-state index >= 15 is 0 Å². The summed E-state index contributed by atoms with van der Waals surface area (Å²) >= 11 is 3.64. The summed E-state index contributed by atoms with van der Waals surface area (Å²) in [6.07, 6.45) is 4.70. The molecule has 0 saturated heterocycles. The van der Waals surface area contributed by atoms with Crippen molar-refractivity contribution in [1.29, 1.82) is 5.26 Å². The fraction of sp³-hybridized carbons (Fsp3) is 0.333. The number of quaternary nitrogens is 1. The standard InChI is InChI=1S/C36H38BrN5O/c1-35(2)27-12-9-10-13-29(27)40(5)31(35)19-25-33(23(21-38)22-39)26(34(25)43)20-32-36(3,4)28-18-24(37)14-15-30(28)41(32)16-11-17-42(6,7)8/h9-10,12-15,18-20H,6,11,16-17H2,1-5,7-8H3. The van der Waals surface area contributed by atoms with Gasteiger partial charge in [-0.05, 0) is 43.7 Å². The molecule has 0 radical (unpaired) electrons. The number of fused-ring (bicyclic) bond motifs is 2. The molecular weight excluding hydrogens is 598 g/mol. The highest BCUT2D eigenvalue weighted by molar-refractivity contribution is 9.10. The van der Waals surface area contributed by atoms with Crippen molar-refractivity contribution in [1.82, 2.24) is 0 Å². The first kappa shape index (κ1) is 30.6. The SMILES string of the molecule is [CH2-][N+](C)(C)CCCN1/C(=C/C2=C(C(=C=[N-])C#N)C(=C/C3=[N+](C)c4ccccc4C3(C)C)/C2=O)C(C)(C)c2cc(Br)ccc21. The van der Waals surface area contributed by atoms with E-state index in [0.29, 0.717) is 21.2 Å². The Morgan fingerprint density at radius 3 is 2.44 bits per heavy atom. The molecule has 3 aliphatic rings. The molecule has 1 aliphatic carbocycles. The monoisotopic (exact) mass is 635 g/mol. The van der Waals surface area contributed by atoms with Crippen molar-refractivity contribution in [3.05, 3.63) is 111 Å². The van der Waals surface area contributed by atoms with Gasteiger partial charge in [0.15, 0.2) is 11.5 Å². The zero-order valence-corrected chi connectivity index (χ0v) is 27.6. The van der Waals surface area contributed by atoms with Gasteiger partial charge in [0.25, 0.3) is 0 Å². The zero-order valence-electron chi connectivity index (χ0n) is 26.0. The van der Waals surface area contributed by atoms with Crippen LogP contribution in [-0.2, 0) is 15.6 Å². The van der Waals surface area contributed by atoms with Gasteiger partial charge in [-0.15, -0.1) is 7.05 Å². The minimum Gasteiger partial charge on any atom is -0.762 e. The van der Waals surface area contributed by atoms with Gasteiger partial charge >= 0.3 is 0 Å². The highest BCUT2D eigenvalue weighted by atomic mass is 79.9. The Kier molecular flexibility index (Phi) is 7.63. The number of carbonyl (C=O) groups is 1. The number of para-hydroxylation sites is 1. The second kappa shape index (κ2) is 10.7. The topological polar surface area (TPSA) is 69.4 Å². The normalized spacial score (nSPS) is 20.3. The lowest BCUT2D eigenvalue weighted by atomic mass is 9.73. The number of nitriles is 1. The lowest BCUT2D eigenvalue weighted by Crippen LogP contribution is -2.36. The van der Waals surface area contributed by atoms with Gasteiger partial charge in [-0.3, -0.25) is 4.79 Å². The highest BCUT2D eigenvalue weighted by Gasteiger charge is 2.46. The van der Waals surface area contributed by atoms with Crippen molar-refractivity contribution in [2.75, 3.05) is 39.1 Å². The van der Waals surface area contributed by atoms with Crippen LogP contribution in [0.25, 0.3) is 5.41 Å². The van der Waals surface area contributed by atoms with Crippen LogP contribution in [0, 0.1) is 18.4 Å². The predicted octanol–water partition coefficient (Wildman–Crippen LogP) is 6.89. The summed E-state index contributed by atoms with van der Waals surface area (Å²) in [7, 11) is 10.4. The molecule has 2 aliphatic heterocycles. The first-order valence-corrected chi connectivity index (χ1v) is 15.3. The highest BCUT2D eigenvalue weighted by Crippen LogP contribution is 2.50. The molecule has 6 nitrogen and oxygen atoms in total. The maximum absolute atomic E-state index is 14.0. The summed E-state index contributed by atoms with van der Waals surface area (Å²) in [6, 6.07) is 16.6. The van der Waals surface area contributed by atoms with Crippen LogP contribution >= 0.6 is 15.9 Å². The number of nitrogens with zero attached hydrogens (tertiary/aromatic N) is 5. The third kappa shape index (κ3) is 5.08. The molecule has 0 bridgehead atoms. The van der Waals surface area contributed by atoms with E-state index in [1.807, 2.05) is 37.4 Å². The smallest absolute Gasteiger partial charge is 0.209 e. The molecule has 0 aromatic heterocycles. The number of rotatable bonds is 7. The molecule has 5 rings (SSSR count). The maximum Gasteiger partial charge on any atom is 0.209 e. The third-order valence-corrected chi connectivity index (χ3v) is 9.50. The molecule has 2 aromatic carbocycles. The van der Waals surface area contributed by atoms with Crippen molar-refractivity contribution >= 4 is 44.7 Å². The number of anilines is 1. The Labute approximate surface area is 263 Å². The van der Waals surface area contributed by atoms with E-state index in [1.54, 1.807) is 0 Å². The van der Waals surface area contributed by atoms with Gasteiger partial charge in [-0.25, -0.2) is 5.87 Å². The molecular formula is C36H38BrN5O. The van der Waals surface area contributed by atoms with Crippen molar-refractivity contribution in [2.45, 2.75) is 44.9 Å². The van der Waals surface area contributed by atoms with Gasteiger partial charge in [-0.2, -0.15) is 9.84 Å².